The Bertz CT molecular complexity index is 237. The molecule has 0 saturated heterocycles. The summed E-state index contributed by atoms with van der Waals surface area (Å²) >= 11 is 0. The van der Waals surface area contributed by atoms with Gasteiger partial charge in [-0.2, -0.15) is 5.26 Å². The van der Waals surface area contributed by atoms with Crippen LogP contribution in [0.1, 0.15) is 77.0 Å². The van der Waals surface area contributed by atoms with Gasteiger partial charge in [-0.15, -0.1) is 0 Å². The van der Waals surface area contributed by atoms with Crippen molar-refractivity contribution in [1.82, 2.24) is 0 Å². The molecule has 2 fully saturated rings. The van der Waals surface area contributed by atoms with Crippen molar-refractivity contribution >= 4 is 0 Å². The Morgan fingerprint density at radius 3 is 1.76 bits per heavy atom. The summed E-state index contributed by atoms with van der Waals surface area (Å²) in [5, 5.41) is 8.89. The molecule has 0 aromatic carbocycles. The summed E-state index contributed by atoms with van der Waals surface area (Å²) < 4.78 is 0. The van der Waals surface area contributed by atoms with E-state index < -0.39 is 0 Å². The Morgan fingerprint density at radius 1 is 0.706 bits per heavy atom. The van der Waals surface area contributed by atoms with Gasteiger partial charge in [0.15, 0.2) is 0 Å². The zero-order chi connectivity index (χ0) is 11.9. The minimum absolute atomic E-state index is 0.379. The third-order valence-corrected chi connectivity index (χ3v) is 4.99. The number of hydrogen-bond acceptors (Lipinski definition) is 1. The van der Waals surface area contributed by atoms with Crippen molar-refractivity contribution in [3.05, 3.63) is 0 Å². The van der Waals surface area contributed by atoms with E-state index >= 15 is 0 Å². The molecule has 0 amide bonds. The lowest BCUT2D eigenvalue weighted by Gasteiger charge is -2.26. The molecule has 0 unspecified atom stereocenters. The summed E-state index contributed by atoms with van der Waals surface area (Å²) in [4.78, 5) is 0. The predicted molar refractivity (Wildman–Crippen MR) is 71.5 cm³/mol. The number of hydrogen-bond donors (Lipinski definition) is 0. The van der Waals surface area contributed by atoms with Gasteiger partial charge in [-0.25, -0.2) is 0 Å². The minimum atomic E-state index is 0.379. The van der Waals surface area contributed by atoms with Gasteiger partial charge in [0.05, 0.1) is 6.07 Å². The van der Waals surface area contributed by atoms with Crippen LogP contribution in [0, 0.1) is 29.1 Å². The minimum Gasteiger partial charge on any atom is -0.198 e. The first kappa shape index (κ1) is 12.9. The normalized spacial score (nSPS) is 31.7. The first-order valence-electron chi connectivity index (χ1n) is 7.78. The van der Waals surface area contributed by atoms with Gasteiger partial charge in [0.2, 0.25) is 0 Å². The molecule has 0 bridgehead atoms. The lowest BCUT2D eigenvalue weighted by Crippen LogP contribution is -2.14. The SMILES string of the molecule is N#CC1CCC(CCC2CCCCCC2)CC1. The van der Waals surface area contributed by atoms with E-state index in [1.165, 1.54) is 77.0 Å². The van der Waals surface area contributed by atoms with Crippen molar-refractivity contribution in [3.63, 3.8) is 0 Å². The summed E-state index contributed by atoms with van der Waals surface area (Å²) in [6.07, 6.45) is 16.8. The van der Waals surface area contributed by atoms with Crippen molar-refractivity contribution in [3.8, 4) is 6.07 Å². The smallest absolute Gasteiger partial charge is 0.0655 e. The summed E-state index contributed by atoms with van der Waals surface area (Å²) in [5.41, 5.74) is 0. The molecule has 2 rings (SSSR count). The van der Waals surface area contributed by atoms with E-state index in [0.717, 1.165) is 11.8 Å². The lowest BCUT2D eigenvalue weighted by molar-refractivity contribution is 0.271. The highest BCUT2D eigenvalue weighted by Crippen LogP contribution is 2.34. The van der Waals surface area contributed by atoms with Crippen molar-refractivity contribution in [2.45, 2.75) is 77.0 Å². The fraction of sp³-hybridized carbons (Fsp3) is 0.938. The molecule has 0 radical (unpaired) electrons. The van der Waals surface area contributed by atoms with E-state index in [1.54, 1.807) is 0 Å². The Labute approximate surface area is 107 Å². The molecule has 0 heterocycles. The molecule has 0 aromatic rings. The standard InChI is InChI=1S/C16H27N/c17-13-16-11-9-15(10-12-16)8-7-14-5-3-1-2-4-6-14/h14-16H,1-12H2. The molecule has 0 aromatic heterocycles. The number of nitriles is 1. The second kappa shape index (κ2) is 7.04. The molecule has 2 aliphatic carbocycles. The maximum absolute atomic E-state index is 8.89. The quantitative estimate of drug-likeness (QED) is 0.624. The van der Waals surface area contributed by atoms with Gasteiger partial charge < -0.3 is 0 Å². The van der Waals surface area contributed by atoms with E-state index in [0.29, 0.717) is 5.92 Å². The first-order valence-corrected chi connectivity index (χ1v) is 7.78. The van der Waals surface area contributed by atoms with Crippen LogP contribution in [0.5, 0.6) is 0 Å². The second-order valence-corrected chi connectivity index (χ2v) is 6.28. The molecule has 17 heavy (non-hydrogen) atoms. The molecule has 0 aliphatic heterocycles. The highest BCUT2D eigenvalue weighted by Gasteiger charge is 2.22. The van der Waals surface area contributed by atoms with Crippen LogP contribution < -0.4 is 0 Å². The van der Waals surface area contributed by atoms with Crippen LogP contribution in [-0.2, 0) is 0 Å². The van der Waals surface area contributed by atoms with Crippen LogP contribution in [0.2, 0.25) is 0 Å². The van der Waals surface area contributed by atoms with E-state index in [9.17, 15) is 0 Å². The Hall–Kier alpha value is -0.510. The molecule has 0 N–H and O–H groups in total. The van der Waals surface area contributed by atoms with Crippen molar-refractivity contribution < 1.29 is 0 Å². The van der Waals surface area contributed by atoms with E-state index in [-0.39, 0.29) is 0 Å². The molecule has 0 spiro atoms. The molecule has 2 saturated carbocycles. The van der Waals surface area contributed by atoms with Crippen LogP contribution in [0.15, 0.2) is 0 Å². The lowest BCUT2D eigenvalue weighted by atomic mass is 9.79. The monoisotopic (exact) mass is 233 g/mol. The van der Waals surface area contributed by atoms with E-state index in [2.05, 4.69) is 6.07 Å². The summed E-state index contributed by atoms with van der Waals surface area (Å²) in [6.45, 7) is 0. The number of nitrogens with zero attached hydrogens (tertiary/aromatic N) is 1. The summed E-state index contributed by atoms with van der Waals surface area (Å²) in [5.74, 6) is 2.36. The fourth-order valence-electron chi connectivity index (χ4n) is 3.70. The maximum Gasteiger partial charge on any atom is 0.0655 e. The molecule has 1 nitrogen and oxygen atoms in total. The van der Waals surface area contributed by atoms with Crippen molar-refractivity contribution in [1.29, 1.82) is 5.26 Å². The largest absolute Gasteiger partial charge is 0.198 e. The predicted octanol–water partition coefficient (Wildman–Crippen LogP) is 5.07. The molecular formula is C16H27N. The maximum atomic E-state index is 8.89. The van der Waals surface area contributed by atoms with Crippen molar-refractivity contribution in [2.24, 2.45) is 17.8 Å². The van der Waals surface area contributed by atoms with Crippen molar-refractivity contribution in [2.75, 3.05) is 0 Å². The first-order chi connectivity index (χ1) is 8.38. The Kier molecular flexibility index (Phi) is 5.36. The fourth-order valence-corrected chi connectivity index (χ4v) is 3.70. The Balaban J connectivity index is 1.63. The van der Waals surface area contributed by atoms with Gasteiger partial charge in [-0.05, 0) is 37.5 Å². The topological polar surface area (TPSA) is 23.8 Å². The molecule has 2 aliphatic rings. The zero-order valence-corrected chi connectivity index (χ0v) is 11.2. The third-order valence-electron chi connectivity index (χ3n) is 4.99. The van der Waals surface area contributed by atoms with Gasteiger partial charge >= 0.3 is 0 Å². The summed E-state index contributed by atoms with van der Waals surface area (Å²) in [7, 11) is 0. The molecule has 96 valence electrons. The second-order valence-electron chi connectivity index (χ2n) is 6.28. The van der Waals surface area contributed by atoms with E-state index in [1.807, 2.05) is 0 Å². The average Bonchev–Trinajstić information content (AvgIpc) is 2.65. The number of rotatable bonds is 3. The molecular weight excluding hydrogens is 206 g/mol. The van der Waals surface area contributed by atoms with Gasteiger partial charge in [-0.1, -0.05) is 51.4 Å². The van der Waals surface area contributed by atoms with Gasteiger partial charge in [0, 0.05) is 5.92 Å². The molecule has 1 heteroatoms. The highest BCUT2D eigenvalue weighted by atomic mass is 14.3. The van der Waals surface area contributed by atoms with Gasteiger partial charge in [0.1, 0.15) is 0 Å². The van der Waals surface area contributed by atoms with Crippen LogP contribution in [0.25, 0.3) is 0 Å². The van der Waals surface area contributed by atoms with Crippen LogP contribution >= 0.6 is 0 Å². The van der Waals surface area contributed by atoms with Gasteiger partial charge in [-0.3, -0.25) is 0 Å². The van der Waals surface area contributed by atoms with Crippen LogP contribution in [-0.4, -0.2) is 0 Å². The third kappa shape index (κ3) is 4.34. The van der Waals surface area contributed by atoms with E-state index in [4.69, 9.17) is 5.26 Å². The van der Waals surface area contributed by atoms with Gasteiger partial charge in [0.25, 0.3) is 0 Å². The van der Waals surface area contributed by atoms with Crippen LogP contribution in [0.4, 0.5) is 0 Å². The summed E-state index contributed by atoms with van der Waals surface area (Å²) in [6, 6.07) is 2.44. The van der Waals surface area contributed by atoms with Crippen LogP contribution in [0.3, 0.4) is 0 Å². The zero-order valence-electron chi connectivity index (χ0n) is 11.2. The average molecular weight is 233 g/mol. The Morgan fingerprint density at radius 2 is 1.24 bits per heavy atom. The molecule has 0 atom stereocenters. The highest BCUT2D eigenvalue weighted by molar-refractivity contribution is 4.87.